The van der Waals surface area contributed by atoms with Crippen molar-refractivity contribution in [2.24, 2.45) is 0 Å². The highest BCUT2D eigenvalue weighted by Gasteiger charge is 2.20. The summed E-state index contributed by atoms with van der Waals surface area (Å²) in [7, 11) is 0. The van der Waals surface area contributed by atoms with Crippen molar-refractivity contribution in [3.63, 3.8) is 0 Å². The van der Waals surface area contributed by atoms with Gasteiger partial charge in [-0.25, -0.2) is 0 Å². The molecule has 0 bridgehead atoms. The summed E-state index contributed by atoms with van der Waals surface area (Å²) >= 11 is 1.13. The van der Waals surface area contributed by atoms with Crippen molar-refractivity contribution in [2.75, 3.05) is 13.2 Å². The second-order valence-corrected chi connectivity index (χ2v) is 5.92. The highest BCUT2D eigenvalue weighted by atomic mass is 32.1. The summed E-state index contributed by atoms with van der Waals surface area (Å²) in [6.45, 7) is 3.36. The fourth-order valence-electron chi connectivity index (χ4n) is 2.33. The number of aryl methyl sites for hydroxylation is 1. The summed E-state index contributed by atoms with van der Waals surface area (Å²) in [5.74, 6) is -0.129. The largest absolute Gasteiger partial charge is 0.376 e. The fraction of sp³-hybridized carbons (Fsp3) is 0.400. The Balaban J connectivity index is 1.72. The molecule has 5 nitrogen and oxygen atoms in total. The molecule has 1 atom stereocenters. The van der Waals surface area contributed by atoms with E-state index in [0.29, 0.717) is 17.1 Å². The fourth-order valence-corrected chi connectivity index (χ4v) is 2.94. The number of carbonyl (C=O) groups excluding carboxylic acids is 1. The van der Waals surface area contributed by atoms with Crippen molar-refractivity contribution in [3.05, 3.63) is 34.7 Å². The van der Waals surface area contributed by atoms with Gasteiger partial charge in [0.1, 0.15) is 10.6 Å². The first-order chi connectivity index (χ1) is 10.2. The van der Waals surface area contributed by atoms with Crippen LogP contribution < -0.4 is 5.32 Å². The topological polar surface area (TPSA) is 64.1 Å². The Morgan fingerprint density at radius 3 is 2.95 bits per heavy atom. The molecule has 3 rings (SSSR count). The van der Waals surface area contributed by atoms with Crippen LogP contribution in [-0.4, -0.2) is 34.7 Å². The second kappa shape index (κ2) is 6.32. The van der Waals surface area contributed by atoms with Gasteiger partial charge in [-0.15, -0.1) is 5.10 Å². The summed E-state index contributed by atoms with van der Waals surface area (Å²) in [6, 6.07) is 7.93. The summed E-state index contributed by atoms with van der Waals surface area (Å²) in [5, 5.41) is 7.01. The molecule has 1 aromatic carbocycles. The first kappa shape index (κ1) is 14.2. The molecular weight excluding hydrogens is 286 g/mol. The average Bonchev–Trinajstić information content (AvgIpc) is 3.17. The molecule has 1 N–H and O–H groups in total. The molecule has 0 aliphatic carbocycles. The van der Waals surface area contributed by atoms with Gasteiger partial charge in [-0.3, -0.25) is 4.79 Å². The second-order valence-electron chi connectivity index (χ2n) is 5.16. The highest BCUT2D eigenvalue weighted by Crippen LogP contribution is 2.24. The normalized spacial score (nSPS) is 17.9. The number of ether oxygens (including phenoxy) is 1. The van der Waals surface area contributed by atoms with Crippen molar-refractivity contribution in [1.29, 1.82) is 0 Å². The Morgan fingerprint density at radius 1 is 1.43 bits per heavy atom. The summed E-state index contributed by atoms with van der Waals surface area (Å²) in [4.78, 5) is 12.8. The first-order valence-electron chi connectivity index (χ1n) is 7.03. The minimum atomic E-state index is -0.129. The zero-order valence-corrected chi connectivity index (χ0v) is 12.7. The zero-order valence-electron chi connectivity index (χ0n) is 11.8. The van der Waals surface area contributed by atoms with Crippen LogP contribution >= 0.6 is 11.5 Å². The van der Waals surface area contributed by atoms with Gasteiger partial charge >= 0.3 is 0 Å². The highest BCUT2D eigenvalue weighted by molar-refractivity contribution is 7.08. The molecule has 110 valence electrons. The number of nitrogens with one attached hydrogen (secondary N) is 1. The number of hydrogen-bond acceptors (Lipinski definition) is 5. The van der Waals surface area contributed by atoms with Gasteiger partial charge in [0.25, 0.3) is 5.91 Å². The molecule has 1 amide bonds. The number of aromatic nitrogens is 2. The van der Waals surface area contributed by atoms with E-state index in [0.717, 1.165) is 36.5 Å². The van der Waals surface area contributed by atoms with Crippen LogP contribution in [0.2, 0.25) is 0 Å². The molecule has 1 saturated heterocycles. The number of rotatable bonds is 4. The molecule has 6 heteroatoms. The Morgan fingerprint density at radius 2 is 2.24 bits per heavy atom. The first-order valence-corrected chi connectivity index (χ1v) is 7.80. The molecule has 0 unspecified atom stereocenters. The SMILES string of the molecule is Cc1ccc(-c2nnsc2C(=O)NC[C@H]2CCCO2)cc1. The van der Waals surface area contributed by atoms with Gasteiger partial charge in [0, 0.05) is 18.7 Å². The predicted octanol–water partition coefficient (Wildman–Crippen LogP) is 2.42. The maximum atomic E-state index is 12.3. The molecule has 0 spiro atoms. The molecule has 1 aromatic heterocycles. The molecule has 21 heavy (non-hydrogen) atoms. The number of carbonyl (C=O) groups is 1. The Bertz CT molecular complexity index is 618. The lowest BCUT2D eigenvalue weighted by molar-refractivity contribution is 0.0861. The number of hydrogen-bond donors (Lipinski definition) is 1. The van der Waals surface area contributed by atoms with Crippen LogP contribution in [0.4, 0.5) is 0 Å². The molecular formula is C15H17N3O2S. The van der Waals surface area contributed by atoms with Crippen LogP contribution in [0.15, 0.2) is 24.3 Å². The summed E-state index contributed by atoms with van der Waals surface area (Å²) in [5.41, 5.74) is 2.73. The molecule has 1 aliphatic heterocycles. The quantitative estimate of drug-likeness (QED) is 0.942. The van der Waals surface area contributed by atoms with E-state index in [1.54, 1.807) is 0 Å². The van der Waals surface area contributed by atoms with Crippen molar-refractivity contribution in [3.8, 4) is 11.3 Å². The maximum Gasteiger partial charge on any atom is 0.265 e. The van der Waals surface area contributed by atoms with E-state index in [4.69, 9.17) is 4.74 Å². The Labute approximate surface area is 127 Å². The minimum absolute atomic E-state index is 0.129. The molecule has 2 aromatic rings. The van der Waals surface area contributed by atoms with E-state index in [1.807, 2.05) is 31.2 Å². The van der Waals surface area contributed by atoms with Crippen LogP contribution in [-0.2, 0) is 4.74 Å². The molecule has 0 radical (unpaired) electrons. The summed E-state index contributed by atoms with van der Waals surface area (Å²) in [6.07, 6.45) is 2.21. The average molecular weight is 303 g/mol. The van der Waals surface area contributed by atoms with E-state index >= 15 is 0 Å². The molecule has 1 aliphatic rings. The number of amides is 1. The van der Waals surface area contributed by atoms with Crippen LogP contribution in [0.3, 0.4) is 0 Å². The lowest BCUT2D eigenvalue weighted by Crippen LogP contribution is -2.31. The summed E-state index contributed by atoms with van der Waals surface area (Å²) < 4.78 is 9.43. The maximum absolute atomic E-state index is 12.3. The number of nitrogens with zero attached hydrogens (tertiary/aromatic N) is 2. The van der Waals surface area contributed by atoms with Gasteiger partial charge < -0.3 is 10.1 Å². The van der Waals surface area contributed by atoms with Gasteiger partial charge in [-0.1, -0.05) is 34.3 Å². The van der Waals surface area contributed by atoms with E-state index in [9.17, 15) is 4.79 Å². The van der Waals surface area contributed by atoms with Gasteiger partial charge in [-0.05, 0) is 31.3 Å². The van der Waals surface area contributed by atoms with E-state index < -0.39 is 0 Å². The van der Waals surface area contributed by atoms with Crippen molar-refractivity contribution in [2.45, 2.75) is 25.9 Å². The van der Waals surface area contributed by atoms with E-state index in [1.165, 1.54) is 5.56 Å². The van der Waals surface area contributed by atoms with Crippen LogP contribution in [0.5, 0.6) is 0 Å². The smallest absolute Gasteiger partial charge is 0.265 e. The predicted molar refractivity (Wildman–Crippen MR) is 81.4 cm³/mol. The van der Waals surface area contributed by atoms with E-state index in [2.05, 4.69) is 14.9 Å². The van der Waals surface area contributed by atoms with Gasteiger partial charge in [0.05, 0.1) is 6.10 Å². The molecule has 2 heterocycles. The standard InChI is InChI=1S/C15H17N3O2S/c1-10-4-6-11(7-5-10)13-14(21-18-17-13)15(19)16-9-12-3-2-8-20-12/h4-7,12H,2-3,8-9H2,1H3,(H,16,19)/t12-/m1/s1. The lowest BCUT2D eigenvalue weighted by Gasteiger charge is -2.10. The van der Waals surface area contributed by atoms with Crippen LogP contribution in [0, 0.1) is 6.92 Å². The van der Waals surface area contributed by atoms with Gasteiger partial charge in [0.15, 0.2) is 0 Å². The van der Waals surface area contributed by atoms with Crippen molar-refractivity contribution < 1.29 is 9.53 Å². The van der Waals surface area contributed by atoms with Crippen LogP contribution in [0.1, 0.15) is 28.1 Å². The molecule has 1 fully saturated rings. The third-order valence-corrected chi connectivity index (χ3v) is 4.26. The Kier molecular flexibility index (Phi) is 4.26. The molecule has 0 saturated carbocycles. The zero-order chi connectivity index (χ0) is 14.7. The third kappa shape index (κ3) is 3.28. The van der Waals surface area contributed by atoms with E-state index in [-0.39, 0.29) is 12.0 Å². The van der Waals surface area contributed by atoms with Gasteiger partial charge in [0.2, 0.25) is 0 Å². The van der Waals surface area contributed by atoms with Gasteiger partial charge in [-0.2, -0.15) is 0 Å². The Hall–Kier alpha value is -1.79. The monoisotopic (exact) mass is 303 g/mol. The minimum Gasteiger partial charge on any atom is -0.376 e. The lowest BCUT2D eigenvalue weighted by atomic mass is 10.1. The van der Waals surface area contributed by atoms with Crippen LogP contribution in [0.25, 0.3) is 11.3 Å². The van der Waals surface area contributed by atoms with Crippen molar-refractivity contribution >= 4 is 17.4 Å². The third-order valence-electron chi connectivity index (χ3n) is 3.53. The van der Waals surface area contributed by atoms with Crippen molar-refractivity contribution in [1.82, 2.24) is 14.9 Å². The number of benzene rings is 1.